The fourth-order valence-corrected chi connectivity index (χ4v) is 1.96. The van der Waals surface area contributed by atoms with Crippen molar-refractivity contribution in [1.29, 1.82) is 0 Å². The van der Waals surface area contributed by atoms with Crippen molar-refractivity contribution in [2.75, 3.05) is 0 Å². The molecule has 1 aromatic rings. The molecule has 0 bridgehead atoms. The lowest BCUT2D eigenvalue weighted by atomic mass is 9.88. The minimum Gasteiger partial charge on any atom is -0.480 e. The molecule has 3 heteroatoms. The second-order valence-electron chi connectivity index (χ2n) is 4.63. The van der Waals surface area contributed by atoms with Gasteiger partial charge in [-0.15, -0.1) is 0 Å². The van der Waals surface area contributed by atoms with Crippen LogP contribution >= 0.6 is 0 Å². The molecule has 17 heavy (non-hydrogen) atoms. The smallest absolute Gasteiger partial charge is 0.320 e. The second kappa shape index (κ2) is 5.82. The van der Waals surface area contributed by atoms with Crippen LogP contribution in [-0.2, 0) is 4.79 Å². The lowest BCUT2D eigenvalue weighted by Gasteiger charge is -2.18. The third kappa shape index (κ3) is 3.56. The van der Waals surface area contributed by atoms with Crippen LogP contribution in [0, 0.1) is 13.8 Å². The molecule has 0 saturated heterocycles. The van der Waals surface area contributed by atoms with E-state index in [2.05, 4.69) is 39.0 Å². The van der Waals surface area contributed by atoms with Crippen LogP contribution in [0.3, 0.4) is 0 Å². The van der Waals surface area contributed by atoms with E-state index in [0.29, 0.717) is 6.42 Å². The lowest BCUT2D eigenvalue weighted by molar-refractivity contribution is -0.138. The van der Waals surface area contributed by atoms with Gasteiger partial charge in [-0.05, 0) is 49.3 Å². The first-order valence-electron chi connectivity index (χ1n) is 6.01. The fraction of sp³-hybridized carbons (Fsp3) is 0.500. The first-order chi connectivity index (χ1) is 7.95. The van der Waals surface area contributed by atoms with Crippen molar-refractivity contribution >= 4 is 5.97 Å². The number of carboxylic acids is 1. The Hall–Kier alpha value is -1.35. The summed E-state index contributed by atoms with van der Waals surface area (Å²) >= 11 is 0. The van der Waals surface area contributed by atoms with Gasteiger partial charge in [0.25, 0.3) is 0 Å². The van der Waals surface area contributed by atoms with Gasteiger partial charge in [0.05, 0.1) is 0 Å². The van der Waals surface area contributed by atoms with Gasteiger partial charge in [0, 0.05) is 0 Å². The summed E-state index contributed by atoms with van der Waals surface area (Å²) in [6.07, 6.45) is 1.40. The molecule has 0 amide bonds. The monoisotopic (exact) mass is 235 g/mol. The molecule has 1 rings (SSSR count). The zero-order chi connectivity index (χ0) is 13.0. The molecule has 0 saturated carbocycles. The normalized spacial score (nSPS) is 14.4. The van der Waals surface area contributed by atoms with Crippen LogP contribution in [-0.4, -0.2) is 17.1 Å². The van der Waals surface area contributed by atoms with Gasteiger partial charge in [-0.1, -0.05) is 25.1 Å². The summed E-state index contributed by atoms with van der Waals surface area (Å²) in [7, 11) is 0. The molecule has 0 spiro atoms. The first-order valence-corrected chi connectivity index (χ1v) is 6.01. The minimum atomic E-state index is -0.924. The first kappa shape index (κ1) is 13.7. The number of hydrogen-bond donors (Lipinski definition) is 2. The quantitative estimate of drug-likeness (QED) is 0.824. The Balaban J connectivity index is 2.86. The van der Waals surface area contributed by atoms with Crippen LogP contribution in [0.15, 0.2) is 18.2 Å². The highest BCUT2D eigenvalue weighted by atomic mass is 16.4. The summed E-state index contributed by atoms with van der Waals surface area (Å²) in [5, 5.41) is 8.85. The SMILES string of the molecule is CCC(CC(N)C(=O)O)c1ccc(C)c(C)c1. The van der Waals surface area contributed by atoms with E-state index >= 15 is 0 Å². The highest BCUT2D eigenvalue weighted by Gasteiger charge is 2.19. The highest BCUT2D eigenvalue weighted by Crippen LogP contribution is 2.26. The molecule has 94 valence electrons. The zero-order valence-electron chi connectivity index (χ0n) is 10.7. The highest BCUT2D eigenvalue weighted by molar-refractivity contribution is 5.73. The van der Waals surface area contributed by atoms with Crippen molar-refractivity contribution in [3.8, 4) is 0 Å². The molecular weight excluding hydrogens is 214 g/mol. The molecule has 3 nitrogen and oxygen atoms in total. The molecule has 1 aromatic carbocycles. The Morgan fingerprint density at radius 3 is 2.47 bits per heavy atom. The number of nitrogens with two attached hydrogens (primary N) is 1. The van der Waals surface area contributed by atoms with Gasteiger partial charge in [0.15, 0.2) is 0 Å². The van der Waals surface area contributed by atoms with E-state index in [9.17, 15) is 4.79 Å². The van der Waals surface area contributed by atoms with Gasteiger partial charge < -0.3 is 10.8 Å². The Kier molecular flexibility index (Phi) is 4.70. The van der Waals surface area contributed by atoms with E-state index in [4.69, 9.17) is 10.8 Å². The fourth-order valence-electron chi connectivity index (χ4n) is 1.96. The molecule has 0 aliphatic heterocycles. The van der Waals surface area contributed by atoms with Crippen molar-refractivity contribution in [2.24, 2.45) is 5.73 Å². The third-order valence-corrected chi connectivity index (χ3v) is 3.35. The van der Waals surface area contributed by atoms with Crippen LogP contribution in [0.1, 0.15) is 42.4 Å². The Labute approximate surface area is 103 Å². The average molecular weight is 235 g/mol. The predicted molar refractivity (Wildman–Crippen MR) is 69.2 cm³/mol. The van der Waals surface area contributed by atoms with E-state index < -0.39 is 12.0 Å². The number of benzene rings is 1. The van der Waals surface area contributed by atoms with E-state index in [0.717, 1.165) is 6.42 Å². The zero-order valence-corrected chi connectivity index (χ0v) is 10.7. The molecule has 0 aromatic heterocycles. The van der Waals surface area contributed by atoms with E-state index in [1.54, 1.807) is 0 Å². The largest absolute Gasteiger partial charge is 0.480 e. The van der Waals surface area contributed by atoms with E-state index in [1.165, 1.54) is 16.7 Å². The molecule has 0 heterocycles. The number of hydrogen-bond acceptors (Lipinski definition) is 2. The molecule has 3 N–H and O–H groups in total. The van der Waals surface area contributed by atoms with Gasteiger partial charge in [0.1, 0.15) is 6.04 Å². The maximum atomic E-state index is 10.8. The summed E-state index contributed by atoms with van der Waals surface area (Å²) in [5.41, 5.74) is 9.28. The minimum absolute atomic E-state index is 0.223. The van der Waals surface area contributed by atoms with Crippen LogP contribution in [0.2, 0.25) is 0 Å². The Morgan fingerprint density at radius 1 is 1.35 bits per heavy atom. The molecule has 2 atom stereocenters. The molecular formula is C14H21NO2. The standard InChI is InChI=1S/C14H21NO2/c1-4-11(8-13(15)14(16)17)12-6-5-9(2)10(3)7-12/h5-7,11,13H,4,8,15H2,1-3H3,(H,16,17). The number of rotatable bonds is 5. The van der Waals surface area contributed by atoms with Gasteiger partial charge in [-0.2, -0.15) is 0 Å². The third-order valence-electron chi connectivity index (χ3n) is 3.35. The second-order valence-corrected chi connectivity index (χ2v) is 4.63. The van der Waals surface area contributed by atoms with E-state index in [-0.39, 0.29) is 5.92 Å². The van der Waals surface area contributed by atoms with Gasteiger partial charge in [0.2, 0.25) is 0 Å². The number of carbonyl (C=O) groups is 1. The van der Waals surface area contributed by atoms with Gasteiger partial charge in [-0.25, -0.2) is 0 Å². The summed E-state index contributed by atoms with van der Waals surface area (Å²) in [4.78, 5) is 10.8. The molecule has 0 aliphatic carbocycles. The Morgan fingerprint density at radius 2 is 2.00 bits per heavy atom. The number of aryl methyl sites for hydroxylation is 2. The summed E-state index contributed by atoms with van der Waals surface area (Å²) in [6, 6.07) is 5.52. The summed E-state index contributed by atoms with van der Waals surface area (Å²) < 4.78 is 0. The van der Waals surface area contributed by atoms with Gasteiger partial charge in [-0.3, -0.25) is 4.79 Å². The van der Waals surface area contributed by atoms with Gasteiger partial charge >= 0.3 is 5.97 Å². The van der Waals surface area contributed by atoms with Crippen LogP contribution in [0.25, 0.3) is 0 Å². The maximum absolute atomic E-state index is 10.8. The summed E-state index contributed by atoms with van der Waals surface area (Å²) in [6.45, 7) is 6.21. The molecule has 2 unspecified atom stereocenters. The maximum Gasteiger partial charge on any atom is 0.320 e. The molecule has 0 fully saturated rings. The van der Waals surface area contributed by atoms with Crippen molar-refractivity contribution < 1.29 is 9.90 Å². The lowest BCUT2D eigenvalue weighted by Crippen LogP contribution is -2.31. The predicted octanol–water partition coefficient (Wildman–Crippen LogP) is 2.60. The van der Waals surface area contributed by atoms with Crippen molar-refractivity contribution in [3.05, 3.63) is 34.9 Å². The van der Waals surface area contributed by atoms with Crippen LogP contribution < -0.4 is 5.73 Å². The summed E-state index contributed by atoms with van der Waals surface area (Å²) in [5.74, 6) is -0.701. The van der Waals surface area contributed by atoms with Crippen molar-refractivity contribution in [2.45, 2.75) is 45.6 Å². The molecule has 0 aliphatic rings. The van der Waals surface area contributed by atoms with Crippen molar-refractivity contribution in [3.63, 3.8) is 0 Å². The average Bonchev–Trinajstić information content (AvgIpc) is 2.29. The Bertz CT molecular complexity index is 401. The number of aliphatic carboxylic acids is 1. The van der Waals surface area contributed by atoms with Crippen LogP contribution in [0.4, 0.5) is 0 Å². The topological polar surface area (TPSA) is 63.3 Å². The number of carboxylic acid groups (broad SMARTS) is 1. The van der Waals surface area contributed by atoms with Crippen LogP contribution in [0.5, 0.6) is 0 Å². The van der Waals surface area contributed by atoms with Crippen molar-refractivity contribution in [1.82, 2.24) is 0 Å². The van der Waals surface area contributed by atoms with E-state index in [1.807, 2.05) is 0 Å². The molecule has 0 radical (unpaired) electrons.